The molecule has 136 valence electrons. The molecule has 0 saturated carbocycles. The van der Waals surface area contributed by atoms with Gasteiger partial charge in [-0.15, -0.1) is 11.3 Å². The number of rotatable bonds is 5. The fourth-order valence-electron chi connectivity index (χ4n) is 3.25. The first-order valence-corrected chi connectivity index (χ1v) is 9.48. The Bertz CT molecular complexity index is 855. The van der Waals surface area contributed by atoms with Crippen LogP contribution in [-0.4, -0.2) is 11.8 Å². The van der Waals surface area contributed by atoms with Crippen LogP contribution in [0.15, 0.2) is 30.3 Å². The van der Waals surface area contributed by atoms with E-state index in [1.54, 1.807) is 18.2 Å². The monoisotopic (exact) mass is 372 g/mol. The van der Waals surface area contributed by atoms with Gasteiger partial charge in [0.2, 0.25) is 5.91 Å². The van der Waals surface area contributed by atoms with Crippen LogP contribution in [-0.2, 0) is 17.6 Å². The number of nitrogens with one attached hydrogen (secondary N) is 1. The van der Waals surface area contributed by atoms with E-state index >= 15 is 0 Å². The number of anilines is 1. The van der Waals surface area contributed by atoms with Crippen molar-refractivity contribution in [2.75, 3.05) is 5.32 Å². The van der Waals surface area contributed by atoms with Gasteiger partial charge in [0.25, 0.3) is 5.91 Å². The van der Waals surface area contributed by atoms with Crippen molar-refractivity contribution in [2.24, 2.45) is 11.7 Å². The molecule has 2 amide bonds. The van der Waals surface area contributed by atoms with Crippen molar-refractivity contribution < 1.29 is 14.0 Å². The molecule has 3 rings (SSSR count). The van der Waals surface area contributed by atoms with Crippen LogP contribution in [0.2, 0.25) is 0 Å². The van der Waals surface area contributed by atoms with Gasteiger partial charge < -0.3 is 11.1 Å². The number of amides is 2. The number of primary amides is 1. The molecule has 1 atom stereocenters. The summed E-state index contributed by atoms with van der Waals surface area (Å²) in [5.41, 5.74) is 7.72. The number of carbonyl (C=O) groups is 2. The third-order valence-electron chi connectivity index (χ3n) is 4.72. The zero-order valence-electron chi connectivity index (χ0n) is 14.5. The molecule has 1 aromatic carbocycles. The number of halogens is 1. The minimum absolute atomic E-state index is 0.327. The zero-order chi connectivity index (χ0) is 18.7. The van der Waals surface area contributed by atoms with Crippen molar-refractivity contribution >= 4 is 34.2 Å². The molecule has 3 N–H and O–H groups in total. The fourth-order valence-corrected chi connectivity index (χ4v) is 4.62. The summed E-state index contributed by atoms with van der Waals surface area (Å²) in [6.45, 7) is 2.17. The SMILES string of the molecule is CCC1CCc2c(sc(NC(=O)C=Cc3ccc(F)cc3)c2C(N)=O)C1. The van der Waals surface area contributed by atoms with Crippen molar-refractivity contribution in [1.29, 1.82) is 0 Å². The average molecular weight is 372 g/mol. The standard InChI is InChI=1S/C20H21FN2O2S/c1-2-12-5-9-15-16(11-12)26-20(18(15)19(22)25)23-17(24)10-6-13-3-7-14(21)8-4-13/h3-4,6-8,10,12H,2,5,9,11H2,1H3,(H2,22,25)(H,23,24). The Labute approximate surface area is 155 Å². The first-order chi connectivity index (χ1) is 12.5. The van der Waals surface area contributed by atoms with Crippen molar-refractivity contribution in [3.05, 3.63) is 57.7 Å². The Morgan fingerprint density at radius 3 is 2.73 bits per heavy atom. The van der Waals surface area contributed by atoms with E-state index in [0.717, 1.165) is 36.1 Å². The Kier molecular flexibility index (Phi) is 5.52. The number of nitrogens with two attached hydrogens (primary N) is 1. The fraction of sp³-hybridized carbons (Fsp3) is 0.300. The molecular formula is C20H21FN2O2S. The normalized spacial score (nSPS) is 16.5. The van der Waals surface area contributed by atoms with Gasteiger partial charge in [-0.25, -0.2) is 4.39 Å². The topological polar surface area (TPSA) is 72.2 Å². The van der Waals surface area contributed by atoms with Crippen LogP contribution in [0.5, 0.6) is 0 Å². The summed E-state index contributed by atoms with van der Waals surface area (Å²) in [6.07, 6.45) is 6.86. The molecule has 0 saturated heterocycles. The highest BCUT2D eigenvalue weighted by Crippen LogP contribution is 2.40. The second kappa shape index (κ2) is 7.83. The van der Waals surface area contributed by atoms with Gasteiger partial charge in [-0.3, -0.25) is 9.59 Å². The molecule has 0 spiro atoms. The summed E-state index contributed by atoms with van der Waals surface area (Å²) in [4.78, 5) is 25.3. The van der Waals surface area contributed by atoms with E-state index in [2.05, 4.69) is 12.2 Å². The van der Waals surface area contributed by atoms with E-state index in [-0.39, 0.29) is 11.7 Å². The Balaban J connectivity index is 1.78. The van der Waals surface area contributed by atoms with Gasteiger partial charge >= 0.3 is 0 Å². The van der Waals surface area contributed by atoms with Crippen LogP contribution in [0, 0.1) is 11.7 Å². The summed E-state index contributed by atoms with van der Waals surface area (Å²) in [6, 6.07) is 5.84. The summed E-state index contributed by atoms with van der Waals surface area (Å²) in [7, 11) is 0. The quantitative estimate of drug-likeness (QED) is 0.774. The predicted octanol–water partition coefficient (Wildman–Crippen LogP) is 4.15. The summed E-state index contributed by atoms with van der Waals surface area (Å²) >= 11 is 1.45. The molecule has 6 heteroatoms. The Morgan fingerprint density at radius 1 is 1.35 bits per heavy atom. The van der Waals surface area contributed by atoms with Crippen molar-refractivity contribution in [2.45, 2.75) is 32.6 Å². The number of benzene rings is 1. The molecule has 0 aliphatic heterocycles. The van der Waals surface area contributed by atoms with E-state index in [9.17, 15) is 14.0 Å². The van der Waals surface area contributed by atoms with E-state index in [1.807, 2.05) is 0 Å². The Hall–Kier alpha value is -2.47. The van der Waals surface area contributed by atoms with Gasteiger partial charge in [0, 0.05) is 11.0 Å². The predicted molar refractivity (Wildman–Crippen MR) is 103 cm³/mol. The van der Waals surface area contributed by atoms with Crippen LogP contribution in [0.3, 0.4) is 0 Å². The lowest BCUT2D eigenvalue weighted by Crippen LogP contribution is -2.19. The van der Waals surface area contributed by atoms with Gasteiger partial charge in [-0.2, -0.15) is 0 Å². The first-order valence-electron chi connectivity index (χ1n) is 8.67. The van der Waals surface area contributed by atoms with Crippen LogP contribution in [0.1, 0.15) is 46.1 Å². The molecule has 1 aliphatic carbocycles. The largest absolute Gasteiger partial charge is 0.365 e. The lowest BCUT2D eigenvalue weighted by atomic mass is 9.85. The molecule has 2 aromatic rings. The number of hydrogen-bond acceptors (Lipinski definition) is 3. The van der Waals surface area contributed by atoms with Crippen LogP contribution < -0.4 is 11.1 Å². The molecule has 1 heterocycles. The minimum Gasteiger partial charge on any atom is -0.365 e. The molecule has 4 nitrogen and oxygen atoms in total. The van der Waals surface area contributed by atoms with Crippen molar-refractivity contribution in [3.8, 4) is 0 Å². The van der Waals surface area contributed by atoms with E-state index < -0.39 is 5.91 Å². The summed E-state index contributed by atoms with van der Waals surface area (Å²) in [5.74, 6) is -0.561. The van der Waals surface area contributed by atoms with Gasteiger partial charge in [0.05, 0.1) is 5.56 Å². The van der Waals surface area contributed by atoms with Gasteiger partial charge in [0.15, 0.2) is 0 Å². The summed E-state index contributed by atoms with van der Waals surface area (Å²) in [5, 5.41) is 3.30. The molecule has 0 fully saturated rings. The smallest absolute Gasteiger partial charge is 0.251 e. The maximum Gasteiger partial charge on any atom is 0.251 e. The highest BCUT2D eigenvalue weighted by atomic mass is 32.1. The molecule has 0 bridgehead atoms. The average Bonchev–Trinajstić information content (AvgIpc) is 2.98. The van der Waals surface area contributed by atoms with Crippen LogP contribution in [0.4, 0.5) is 9.39 Å². The highest BCUT2D eigenvalue weighted by Gasteiger charge is 2.27. The number of thiophene rings is 1. The number of carbonyl (C=O) groups excluding carboxylic acids is 2. The van der Waals surface area contributed by atoms with E-state index in [4.69, 9.17) is 5.73 Å². The molecular weight excluding hydrogens is 351 g/mol. The highest BCUT2D eigenvalue weighted by molar-refractivity contribution is 7.17. The maximum atomic E-state index is 12.9. The molecule has 1 aliphatic rings. The number of fused-ring (bicyclic) bond motifs is 1. The maximum absolute atomic E-state index is 12.9. The van der Waals surface area contributed by atoms with Crippen molar-refractivity contribution in [3.63, 3.8) is 0 Å². The number of hydrogen-bond donors (Lipinski definition) is 2. The van der Waals surface area contributed by atoms with Crippen molar-refractivity contribution in [1.82, 2.24) is 0 Å². The van der Waals surface area contributed by atoms with Gasteiger partial charge in [0.1, 0.15) is 10.8 Å². The molecule has 26 heavy (non-hydrogen) atoms. The van der Waals surface area contributed by atoms with E-state index in [0.29, 0.717) is 22.0 Å². The lowest BCUT2D eigenvalue weighted by molar-refractivity contribution is -0.111. The van der Waals surface area contributed by atoms with Crippen LogP contribution in [0.25, 0.3) is 6.08 Å². The Morgan fingerprint density at radius 2 is 2.08 bits per heavy atom. The van der Waals surface area contributed by atoms with Gasteiger partial charge in [-0.1, -0.05) is 25.5 Å². The lowest BCUT2D eigenvalue weighted by Gasteiger charge is -2.20. The molecule has 1 unspecified atom stereocenters. The van der Waals surface area contributed by atoms with E-state index in [1.165, 1.54) is 29.5 Å². The second-order valence-corrected chi connectivity index (χ2v) is 7.57. The zero-order valence-corrected chi connectivity index (χ0v) is 15.4. The molecule has 0 radical (unpaired) electrons. The third-order valence-corrected chi connectivity index (χ3v) is 5.89. The third kappa shape index (κ3) is 4.02. The summed E-state index contributed by atoms with van der Waals surface area (Å²) < 4.78 is 12.9. The first kappa shape index (κ1) is 18.3. The molecule has 1 aromatic heterocycles. The van der Waals surface area contributed by atoms with Crippen LogP contribution >= 0.6 is 11.3 Å². The second-order valence-electron chi connectivity index (χ2n) is 6.46. The van der Waals surface area contributed by atoms with Gasteiger partial charge in [-0.05, 0) is 54.5 Å². The minimum atomic E-state index is -0.504.